The molecule has 1 rings (SSSR count). The first-order valence-electron chi connectivity index (χ1n) is 5.90. The van der Waals surface area contributed by atoms with Gasteiger partial charge in [-0.3, -0.25) is 4.79 Å². The van der Waals surface area contributed by atoms with Gasteiger partial charge in [-0.1, -0.05) is 20.8 Å². The average Bonchev–Trinajstić information content (AvgIpc) is 2.24. The Morgan fingerprint density at radius 1 is 1.47 bits per heavy atom. The zero-order chi connectivity index (χ0) is 14.8. The fourth-order valence-electron chi connectivity index (χ4n) is 1.87. The van der Waals surface area contributed by atoms with Crippen molar-refractivity contribution in [2.45, 2.75) is 38.7 Å². The van der Waals surface area contributed by atoms with Crippen LogP contribution in [0.15, 0.2) is 15.8 Å². The number of hydrogen-bond donors (Lipinski definition) is 2. The molecule has 0 aliphatic carbocycles. The number of ether oxygens (including phenoxy) is 1. The van der Waals surface area contributed by atoms with Gasteiger partial charge in [0.25, 0.3) is 5.56 Å². The maximum atomic E-state index is 12.2. The highest BCUT2D eigenvalue weighted by Crippen LogP contribution is 2.38. The number of aromatic amines is 1. The molecule has 0 saturated heterocycles. The number of aryl methyl sites for hydroxylation is 1. The molecule has 3 N–H and O–H groups in total. The van der Waals surface area contributed by atoms with Crippen molar-refractivity contribution in [3.8, 4) is 0 Å². The monoisotopic (exact) mass is 284 g/mol. The quantitative estimate of drug-likeness (QED) is 0.835. The molecule has 6 heteroatoms. The predicted octanol–water partition coefficient (Wildman–Crippen LogP) is 2.59. The molecule has 1 amide bonds. The number of aromatic nitrogens is 1. The van der Waals surface area contributed by atoms with Crippen LogP contribution in [0.1, 0.15) is 38.1 Å². The first-order valence-corrected chi connectivity index (χ1v) is 7.13. The van der Waals surface area contributed by atoms with Gasteiger partial charge in [-0.25, -0.2) is 4.79 Å². The molecule has 0 bridgehead atoms. The van der Waals surface area contributed by atoms with Crippen molar-refractivity contribution in [3.05, 3.63) is 27.7 Å². The second-order valence-electron chi connectivity index (χ2n) is 5.45. The van der Waals surface area contributed by atoms with Crippen molar-refractivity contribution in [2.75, 3.05) is 6.26 Å². The number of primary amides is 1. The van der Waals surface area contributed by atoms with Gasteiger partial charge >= 0.3 is 6.09 Å². The summed E-state index contributed by atoms with van der Waals surface area (Å²) < 4.78 is 5.17. The van der Waals surface area contributed by atoms with Crippen LogP contribution in [0.3, 0.4) is 0 Å². The van der Waals surface area contributed by atoms with Gasteiger partial charge < -0.3 is 15.5 Å². The molecule has 19 heavy (non-hydrogen) atoms. The molecule has 0 spiro atoms. The Morgan fingerprint density at radius 3 is 2.47 bits per heavy atom. The van der Waals surface area contributed by atoms with Crippen LogP contribution in [0.25, 0.3) is 0 Å². The molecule has 0 fully saturated rings. The van der Waals surface area contributed by atoms with Crippen molar-refractivity contribution in [1.29, 1.82) is 0 Å². The third-order valence-corrected chi connectivity index (χ3v) is 3.45. The summed E-state index contributed by atoms with van der Waals surface area (Å²) in [5, 5.41) is 0. The van der Waals surface area contributed by atoms with Gasteiger partial charge in [0.15, 0.2) is 0 Å². The van der Waals surface area contributed by atoms with Crippen LogP contribution < -0.4 is 11.3 Å². The SMILES string of the molecule is CSc1cc(C)[nH]c(=O)c1C(OC(N)=O)C(C)(C)C. The number of amides is 1. The number of carbonyl (C=O) groups excluding carboxylic acids is 1. The molecule has 0 saturated carbocycles. The third kappa shape index (κ3) is 3.76. The van der Waals surface area contributed by atoms with E-state index in [-0.39, 0.29) is 5.56 Å². The molecular formula is C13H20N2O3S. The minimum absolute atomic E-state index is 0.245. The van der Waals surface area contributed by atoms with Gasteiger partial charge in [0.1, 0.15) is 6.10 Å². The van der Waals surface area contributed by atoms with E-state index in [4.69, 9.17) is 10.5 Å². The van der Waals surface area contributed by atoms with Crippen LogP contribution >= 0.6 is 11.8 Å². The maximum absolute atomic E-state index is 12.2. The van der Waals surface area contributed by atoms with E-state index in [0.717, 1.165) is 10.6 Å². The fraction of sp³-hybridized carbons (Fsp3) is 0.538. The molecule has 1 unspecified atom stereocenters. The molecule has 0 radical (unpaired) electrons. The fourth-order valence-corrected chi connectivity index (χ4v) is 2.59. The first kappa shape index (κ1) is 15.6. The van der Waals surface area contributed by atoms with E-state index in [1.54, 1.807) is 0 Å². The molecule has 0 aromatic carbocycles. The number of nitrogens with two attached hydrogens (primary N) is 1. The molecule has 1 aromatic rings. The standard InChI is InChI=1S/C13H20N2O3S/c1-7-6-8(19-5)9(11(16)15-7)10(13(2,3)4)18-12(14)17/h6,10H,1-5H3,(H2,14,17)(H,15,16). The Morgan fingerprint density at radius 2 is 2.05 bits per heavy atom. The Labute approximate surface area is 116 Å². The molecular weight excluding hydrogens is 264 g/mol. The van der Waals surface area contributed by atoms with Gasteiger partial charge in [-0.05, 0) is 19.2 Å². The zero-order valence-electron chi connectivity index (χ0n) is 11.9. The Hall–Kier alpha value is -1.43. The van der Waals surface area contributed by atoms with E-state index in [1.807, 2.05) is 40.0 Å². The summed E-state index contributed by atoms with van der Waals surface area (Å²) in [6.07, 6.45) is 0.311. The van der Waals surface area contributed by atoms with Crippen molar-refractivity contribution < 1.29 is 9.53 Å². The molecule has 5 nitrogen and oxygen atoms in total. The lowest BCUT2D eigenvalue weighted by molar-refractivity contribution is 0.0333. The second kappa shape index (κ2) is 5.69. The lowest BCUT2D eigenvalue weighted by atomic mass is 9.85. The Bertz CT molecular complexity index is 532. The minimum atomic E-state index is -0.882. The zero-order valence-corrected chi connectivity index (χ0v) is 12.7. The highest BCUT2D eigenvalue weighted by Gasteiger charge is 2.33. The van der Waals surface area contributed by atoms with E-state index in [1.165, 1.54) is 11.8 Å². The highest BCUT2D eigenvalue weighted by atomic mass is 32.2. The number of hydrogen-bond acceptors (Lipinski definition) is 4. The smallest absolute Gasteiger partial charge is 0.405 e. The largest absolute Gasteiger partial charge is 0.441 e. The van der Waals surface area contributed by atoms with Gasteiger partial charge in [0.2, 0.25) is 0 Å². The van der Waals surface area contributed by atoms with E-state index >= 15 is 0 Å². The summed E-state index contributed by atoms with van der Waals surface area (Å²) in [6, 6.07) is 1.87. The summed E-state index contributed by atoms with van der Waals surface area (Å²) in [6.45, 7) is 7.49. The van der Waals surface area contributed by atoms with Crippen LogP contribution in [0.4, 0.5) is 4.79 Å². The Kier molecular flexibility index (Phi) is 4.68. The summed E-state index contributed by atoms with van der Waals surface area (Å²) in [4.78, 5) is 26.8. The van der Waals surface area contributed by atoms with E-state index in [2.05, 4.69) is 4.98 Å². The number of nitrogens with one attached hydrogen (secondary N) is 1. The minimum Gasteiger partial charge on any atom is -0.441 e. The summed E-state index contributed by atoms with van der Waals surface area (Å²) in [7, 11) is 0. The summed E-state index contributed by atoms with van der Waals surface area (Å²) in [5.74, 6) is 0. The topological polar surface area (TPSA) is 85.2 Å². The molecule has 106 valence electrons. The van der Waals surface area contributed by atoms with Crippen LogP contribution in [-0.4, -0.2) is 17.3 Å². The Balaban J connectivity index is 3.46. The molecule has 0 aliphatic rings. The predicted molar refractivity (Wildman–Crippen MR) is 76.4 cm³/mol. The van der Waals surface area contributed by atoms with Gasteiger partial charge in [0.05, 0.1) is 5.56 Å². The number of carbonyl (C=O) groups is 1. The van der Waals surface area contributed by atoms with Gasteiger partial charge in [0, 0.05) is 16.0 Å². The molecule has 1 aromatic heterocycles. The van der Waals surface area contributed by atoms with E-state index in [9.17, 15) is 9.59 Å². The second-order valence-corrected chi connectivity index (χ2v) is 6.29. The van der Waals surface area contributed by atoms with E-state index in [0.29, 0.717) is 5.56 Å². The van der Waals surface area contributed by atoms with Crippen molar-refractivity contribution >= 4 is 17.9 Å². The number of H-pyrrole nitrogens is 1. The van der Waals surface area contributed by atoms with Crippen LogP contribution in [0, 0.1) is 12.3 Å². The number of pyridine rings is 1. The van der Waals surface area contributed by atoms with Gasteiger partial charge in [-0.15, -0.1) is 11.8 Å². The van der Waals surface area contributed by atoms with E-state index < -0.39 is 17.6 Å². The van der Waals surface area contributed by atoms with Gasteiger partial charge in [-0.2, -0.15) is 0 Å². The lowest BCUT2D eigenvalue weighted by Gasteiger charge is -2.30. The van der Waals surface area contributed by atoms with Crippen molar-refractivity contribution in [3.63, 3.8) is 0 Å². The normalized spacial score (nSPS) is 13.1. The molecule has 1 heterocycles. The van der Waals surface area contributed by atoms with Crippen molar-refractivity contribution in [2.24, 2.45) is 11.1 Å². The first-order chi connectivity index (χ1) is 8.66. The van der Waals surface area contributed by atoms with Crippen LogP contribution in [0.5, 0.6) is 0 Å². The lowest BCUT2D eigenvalue weighted by Crippen LogP contribution is -2.32. The molecule has 1 atom stereocenters. The third-order valence-electron chi connectivity index (χ3n) is 2.67. The number of rotatable bonds is 3. The van der Waals surface area contributed by atoms with Crippen LogP contribution in [0.2, 0.25) is 0 Å². The maximum Gasteiger partial charge on any atom is 0.405 e. The summed E-state index contributed by atoms with van der Waals surface area (Å²) in [5.41, 5.74) is 5.66. The average molecular weight is 284 g/mol. The van der Waals surface area contributed by atoms with Crippen LogP contribution in [-0.2, 0) is 4.74 Å². The van der Waals surface area contributed by atoms with Crippen molar-refractivity contribution in [1.82, 2.24) is 4.98 Å². The summed E-state index contributed by atoms with van der Waals surface area (Å²) >= 11 is 1.44. The molecule has 0 aliphatic heterocycles. The number of thioether (sulfide) groups is 1. The highest BCUT2D eigenvalue weighted by molar-refractivity contribution is 7.98.